The number of furan rings is 1. The normalized spacial score (nSPS) is 12.4. The van der Waals surface area contributed by atoms with E-state index in [2.05, 4.69) is 31.9 Å². The van der Waals surface area contributed by atoms with Gasteiger partial charge in [-0.1, -0.05) is 46.4 Å². The second kappa shape index (κ2) is 8.79. The van der Waals surface area contributed by atoms with Gasteiger partial charge in [-0.05, 0) is 64.5 Å². The summed E-state index contributed by atoms with van der Waals surface area (Å²) >= 11 is 31.8. The number of thiocarbonyl (C=S) groups is 1. The molecule has 2 rings (SSSR count). The minimum atomic E-state index is -1.87. The largest absolute Gasteiger partial charge is 0.444 e. The molecule has 2 aromatic rings. The highest BCUT2D eigenvalue weighted by Crippen LogP contribution is 2.29. The molecule has 0 aliphatic carbocycles. The summed E-state index contributed by atoms with van der Waals surface area (Å²) in [6.45, 7) is 0. The van der Waals surface area contributed by atoms with Crippen molar-refractivity contribution in [2.24, 2.45) is 0 Å². The predicted octanol–water partition coefficient (Wildman–Crippen LogP) is 5.11. The number of hydrogen-bond donors (Lipinski definition) is 3. The van der Waals surface area contributed by atoms with Gasteiger partial charge in [-0.2, -0.15) is 0 Å². The zero-order chi connectivity index (χ0) is 18.6. The smallest absolute Gasteiger partial charge is 0.288 e. The van der Waals surface area contributed by atoms with Gasteiger partial charge in [-0.15, -0.1) is 0 Å². The van der Waals surface area contributed by atoms with Crippen LogP contribution in [0.25, 0.3) is 0 Å². The van der Waals surface area contributed by atoms with E-state index >= 15 is 0 Å². The molecular formula is C14H10BrCl4N3O2S. The van der Waals surface area contributed by atoms with Gasteiger partial charge >= 0.3 is 0 Å². The van der Waals surface area contributed by atoms with Gasteiger partial charge in [0.15, 0.2) is 15.5 Å². The number of alkyl halides is 3. The molecule has 0 saturated carbocycles. The molecule has 0 saturated heterocycles. The Kier molecular flexibility index (Phi) is 7.25. The zero-order valence-corrected chi connectivity index (χ0v) is 17.6. The van der Waals surface area contributed by atoms with Gasteiger partial charge in [0.2, 0.25) is 3.79 Å². The maximum Gasteiger partial charge on any atom is 0.288 e. The summed E-state index contributed by atoms with van der Waals surface area (Å²) in [6.07, 6.45) is -1.11. The van der Waals surface area contributed by atoms with E-state index in [1.165, 1.54) is 6.07 Å². The van der Waals surface area contributed by atoms with E-state index in [1.54, 1.807) is 30.3 Å². The van der Waals surface area contributed by atoms with Crippen molar-refractivity contribution < 1.29 is 9.21 Å². The lowest BCUT2D eigenvalue weighted by Crippen LogP contribution is -2.56. The molecule has 0 spiro atoms. The van der Waals surface area contributed by atoms with Gasteiger partial charge in [0.05, 0.1) is 0 Å². The average Bonchev–Trinajstić information content (AvgIpc) is 2.94. The van der Waals surface area contributed by atoms with Gasteiger partial charge in [0.1, 0.15) is 6.17 Å². The third kappa shape index (κ3) is 6.51. The predicted molar refractivity (Wildman–Crippen MR) is 109 cm³/mol. The van der Waals surface area contributed by atoms with Crippen molar-refractivity contribution in [1.82, 2.24) is 10.6 Å². The van der Waals surface area contributed by atoms with Crippen LogP contribution in [0, 0.1) is 0 Å². The van der Waals surface area contributed by atoms with Gasteiger partial charge in [-0.25, -0.2) is 0 Å². The summed E-state index contributed by atoms with van der Waals surface area (Å²) in [5.41, 5.74) is 0.672. The van der Waals surface area contributed by atoms with Crippen molar-refractivity contribution in [3.63, 3.8) is 0 Å². The van der Waals surface area contributed by atoms with E-state index in [1.807, 2.05) is 0 Å². The van der Waals surface area contributed by atoms with Crippen LogP contribution >= 0.6 is 74.6 Å². The Morgan fingerprint density at radius 2 is 1.76 bits per heavy atom. The van der Waals surface area contributed by atoms with Gasteiger partial charge < -0.3 is 20.4 Å². The van der Waals surface area contributed by atoms with Crippen molar-refractivity contribution >= 4 is 91.3 Å². The number of anilines is 1. The monoisotopic (exact) mass is 503 g/mol. The first-order valence-electron chi connectivity index (χ1n) is 6.61. The van der Waals surface area contributed by atoms with E-state index < -0.39 is 15.9 Å². The van der Waals surface area contributed by atoms with Crippen molar-refractivity contribution in [1.29, 1.82) is 0 Å². The number of hydrogen-bond acceptors (Lipinski definition) is 3. The van der Waals surface area contributed by atoms with Crippen LogP contribution < -0.4 is 16.0 Å². The molecule has 0 radical (unpaired) electrons. The second-order valence-corrected chi connectivity index (χ2v) is 8.65. The molecule has 0 unspecified atom stereocenters. The van der Waals surface area contributed by atoms with Crippen molar-refractivity contribution in [3.05, 3.63) is 51.9 Å². The van der Waals surface area contributed by atoms with E-state index in [0.29, 0.717) is 15.4 Å². The van der Waals surface area contributed by atoms with E-state index in [9.17, 15) is 4.79 Å². The lowest BCUT2D eigenvalue weighted by molar-refractivity contribution is 0.0905. The lowest BCUT2D eigenvalue weighted by Gasteiger charge is -2.27. The first kappa shape index (κ1) is 20.6. The Balaban J connectivity index is 2.03. The van der Waals surface area contributed by atoms with E-state index in [-0.39, 0.29) is 10.9 Å². The zero-order valence-electron chi connectivity index (χ0n) is 12.2. The number of benzene rings is 1. The third-order valence-corrected chi connectivity index (χ3v) is 4.33. The topological polar surface area (TPSA) is 66.3 Å². The molecule has 25 heavy (non-hydrogen) atoms. The third-order valence-electron chi connectivity index (χ3n) is 2.78. The first-order chi connectivity index (χ1) is 11.6. The van der Waals surface area contributed by atoms with Crippen molar-refractivity contribution in [2.45, 2.75) is 9.96 Å². The lowest BCUT2D eigenvalue weighted by atomic mass is 10.3. The van der Waals surface area contributed by atoms with Crippen LogP contribution in [0.3, 0.4) is 0 Å². The van der Waals surface area contributed by atoms with Crippen LogP contribution in [-0.4, -0.2) is 21.0 Å². The molecule has 1 heterocycles. The molecular weight excluding hydrogens is 496 g/mol. The molecule has 3 N–H and O–H groups in total. The Labute approximate surface area is 177 Å². The molecule has 0 aliphatic rings. The molecule has 1 amide bonds. The summed E-state index contributed by atoms with van der Waals surface area (Å²) in [4.78, 5) is 12.2. The van der Waals surface area contributed by atoms with Crippen LogP contribution in [-0.2, 0) is 0 Å². The number of halogens is 5. The van der Waals surface area contributed by atoms with Crippen LogP contribution in [0.15, 0.2) is 45.5 Å². The van der Waals surface area contributed by atoms with Crippen molar-refractivity contribution in [3.8, 4) is 0 Å². The molecule has 1 atom stereocenters. The molecule has 0 aliphatic heterocycles. The Hall–Kier alpha value is -0.700. The Morgan fingerprint density at radius 3 is 2.28 bits per heavy atom. The van der Waals surface area contributed by atoms with E-state index in [4.69, 9.17) is 63.0 Å². The number of carbonyl (C=O) groups is 1. The number of nitrogens with one attached hydrogen (secondary N) is 3. The Morgan fingerprint density at radius 1 is 1.12 bits per heavy atom. The summed E-state index contributed by atoms with van der Waals surface area (Å²) in [5, 5.41) is 8.85. The van der Waals surface area contributed by atoms with Crippen molar-refractivity contribution in [2.75, 3.05) is 5.32 Å². The molecule has 0 fully saturated rings. The fourth-order valence-corrected chi connectivity index (χ4v) is 2.67. The van der Waals surface area contributed by atoms with Gasteiger partial charge in [-0.3, -0.25) is 4.79 Å². The van der Waals surface area contributed by atoms with E-state index in [0.717, 1.165) is 0 Å². The molecule has 11 heteroatoms. The minimum Gasteiger partial charge on any atom is -0.444 e. The summed E-state index contributed by atoms with van der Waals surface area (Å²) in [7, 11) is 0. The second-order valence-electron chi connectivity index (χ2n) is 4.66. The first-order valence-corrected chi connectivity index (χ1v) is 9.32. The highest BCUT2D eigenvalue weighted by Gasteiger charge is 2.35. The SMILES string of the molecule is O=C(N[C@@H](NC(=S)Nc1ccc(Cl)cc1)C(Cl)(Cl)Cl)c1ccc(Br)o1. The van der Waals surface area contributed by atoms with Gasteiger partial charge in [0, 0.05) is 10.7 Å². The summed E-state index contributed by atoms with van der Waals surface area (Å²) in [5.74, 6) is -0.534. The Bertz CT molecular complexity index is 764. The summed E-state index contributed by atoms with van der Waals surface area (Å²) < 4.78 is 3.69. The number of rotatable bonds is 4. The molecule has 0 bridgehead atoms. The maximum absolute atomic E-state index is 12.2. The standard InChI is InChI=1S/C14H10BrCl4N3O2S/c15-10-6-5-9(24-10)11(23)21-12(14(17,18)19)22-13(25)20-8-3-1-7(16)2-4-8/h1-6,12H,(H,21,23)(H2,20,22,25)/t12-/m0/s1. The number of amides is 1. The van der Waals surface area contributed by atoms with Crippen LogP contribution in [0.1, 0.15) is 10.6 Å². The molecule has 1 aromatic carbocycles. The van der Waals surface area contributed by atoms with Crippen LogP contribution in [0.4, 0.5) is 5.69 Å². The maximum atomic E-state index is 12.2. The average molecular weight is 506 g/mol. The molecule has 134 valence electrons. The molecule has 5 nitrogen and oxygen atoms in total. The van der Waals surface area contributed by atoms with Gasteiger partial charge in [0.25, 0.3) is 5.91 Å². The summed E-state index contributed by atoms with van der Waals surface area (Å²) in [6, 6.07) is 9.86. The highest BCUT2D eigenvalue weighted by atomic mass is 79.9. The highest BCUT2D eigenvalue weighted by molar-refractivity contribution is 9.10. The quantitative estimate of drug-likeness (QED) is 0.306. The number of carbonyl (C=O) groups excluding carboxylic acids is 1. The fourth-order valence-electron chi connectivity index (χ4n) is 1.67. The minimum absolute atomic E-state index is 0.0458. The van der Waals surface area contributed by atoms with Crippen LogP contribution in [0.5, 0.6) is 0 Å². The molecule has 1 aromatic heterocycles. The fraction of sp³-hybridized carbons (Fsp3) is 0.143. The van der Waals surface area contributed by atoms with Crippen LogP contribution in [0.2, 0.25) is 5.02 Å².